The van der Waals surface area contributed by atoms with Gasteiger partial charge in [-0.25, -0.2) is 4.79 Å². The molecular formula is C10H5N3O6. The highest BCUT2D eigenvalue weighted by Gasteiger charge is 2.33. The molecule has 2 rings (SSSR count). The predicted octanol–water partition coefficient (Wildman–Crippen LogP) is 1.75. The topological polar surface area (TPSA) is 136 Å². The van der Waals surface area contributed by atoms with E-state index in [4.69, 9.17) is 5.11 Å². The van der Waals surface area contributed by atoms with Crippen molar-refractivity contribution in [3.05, 3.63) is 50.2 Å². The van der Waals surface area contributed by atoms with Crippen molar-refractivity contribution >= 4 is 28.2 Å². The second kappa shape index (κ2) is 4.29. The van der Waals surface area contributed by atoms with E-state index in [1.54, 1.807) is 0 Å². The Hall–Kier alpha value is -3.10. The summed E-state index contributed by atoms with van der Waals surface area (Å²) in [6.07, 6.45) is 1.30. The number of aromatic carboxylic acids is 1. The van der Waals surface area contributed by atoms with Crippen molar-refractivity contribution in [2.75, 3.05) is 0 Å². The Morgan fingerprint density at radius 1 is 1.26 bits per heavy atom. The molecule has 0 aliphatic carbocycles. The minimum absolute atomic E-state index is 0.00843. The van der Waals surface area contributed by atoms with Crippen LogP contribution in [0, 0.1) is 20.2 Å². The zero-order valence-corrected chi connectivity index (χ0v) is 9.14. The van der Waals surface area contributed by atoms with E-state index in [2.05, 4.69) is 4.98 Å². The van der Waals surface area contributed by atoms with Gasteiger partial charge in [0.1, 0.15) is 0 Å². The Kier molecular flexibility index (Phi) is 2.79. The van der Waals surface area contributed by atoms with Gasteiger partial charge in [-0.05, 0) is 12.1 Å². The molecule has 0 fully saturated rings. The number of nitro groups is 2. The summed E-state index contributed by atoms with van der Waals surface area (Å²) in [5, 5.41) is 30.8. The van der Waals surface area contributed by atoms with Gasteiger partial charge in [0.05, 0.1) is 20.7 Å². The second-order valence-electron chi connectivity index (χ2n) is 3.51. The fraction of sp³-hybridized carbons (Fsp3) is 0. The smallest absolute Gasteiger partial charge is 0.349 e. The number of hydrogen-bond acceptors (Lipinski definition) is 6. The number of carbonyl (C=O) groups is 1. The first-order valence-corrected chi connectivity index (χ1v) is 4.87. The van der Waals surface area contributed by atoms with E-state index >= 15 is 0 Å². The summed E-state index contributed by atoms with van der Waals surface area (Å²) in [5.74, 6) is -1.73. The number of hydrogen-bond donors (Lipinski definition) is 1. The zero-order valence-electron chi connectivity index (χ0n) is 9.14. The second-order valence-corrected chi connectivity index (χ2v) is 3.51. The average Bonchev–Trinajstić information content (AvgIpc) is 2.35. The Morgan fingerprint density at radius 2 is 1.95 bits per heavy atom. The third kappa shape index (κ3) is 1.92. The van der Waals surface area contributed by atoms with E-state index in [1.807, 2.05) is 0 Å². The van der Waals surface area contributed by atoms with Crippen LogP contribution in [0.4, 0.5) is 11.4 Å². The molecule has 0 radical (unpaired) electrons. The molecule has 0 saturated carbocycles. The SMILES string of the molecule is O=C(O)c1c([N+](=O)[O-])cc2ncccc2c1[N+](=O)[O-]. The quantitative estimate of drug-likeness (QED) is 0.657. The van der Waals surface area contributed by atoms with Crippen LogP contribution in [0.2, 0.25) is 0 Å². The minimum Gasteiger partial charge on any atom is -0.477 e. The molecule has 0 bridgehead atoms. The molecule has 19 heavy (non-hydrogen) atoms. The molecule has 1 aromatic carbocycles. The maximum Gasteiger partial charge on any atom is 0.349 e. The van der Waals surface area contributed by atoms with E-state index in [1.165, 1.54) is 18.3 Å². The molecule has 1 aromatic heterocycles. The lowest BCUT2D eigenvalue weighted by molar-refractivity contribution is -0.393. The number of nitro benzene ring substituents is 2. The molecule has 0 atom stereocenters. The molecule has 0 aliphatic rings. The van der Waals surface area contributed by atoms with Crippen molar-refractivity contribution < 1.29 is 19.7 Å². The van der Waals surface area contributed by atoms with Gasteiger partial charge in [-0.15, -0.1) is 0 Å². The maximum absolute atomic E-state index is 11.1. The summed E-state index contributed by atoms with van der Waals surface area (Å²) in [6, 6.07) is 3.58. The summed E-state index contributed by atoms with van der Waals surface area (Å²) < 4.78 is 0. The van der Waals surface area contributed by atoms with Crippen LogP contribution in [0.25, 0.3) is 10.9 Å². The lowest BCUT2D eigenvalue weighted by Crippen LogP contribution is -2.08. The van der Waals surface area contributed by atoms with Gasteiger partial charge in [-0.3, -0.25) is 25.2 Å². The van der Waals surface area contributed by atoms with Gasteiger partial charge in [-0.1, -0.05) is 0 Å². The first kappa shape index (κ1) is 12.4. The summed E-state index contributed by atoms with van der Waals surface area (Å²) in [7, 11) is 0. The number of fused-ring (bicyclic) bond motifs is 1. The summed E-state index contributed by atoms with van der Waals surface area (Å²) in [5.41, 5.74) is -2.64. The first-order chi connectivity index (χ1) is 8.93. The molecule has 0 unspecified atom stereocenters. The fourth-order valence-corrected chi connectivity index (χ4v) is 1.73. The molecule has 0 amide bonds. The standard InChI is InChI=1S/C10H5N3O6/c14-10(15)8-7(12(16)17)4-6-5(2-1-3-11-6)9(8)13(18)19/h1-4H,(H,14,15). The molecule has 1 N–H and O–H groups in total. The minimum atomic E-state index is -1.73. The highest BCUT2D eigenvalue weighted by molar-refractivity contribution is 6.06. The van der Waals surface area contributed by atoms with E-state index in [9.17, 15) is 25.0 Å². The largest absolute Gasteiger partial charge is 0.477 e. The van der Waals surface area contributed by atoms with Gasteiger partial charge >= 0.3 is 5.97 Å². The molecular weight excluding hydrogens is 258 g/mol. The summed E-state index contributed by atoms with van der Waals surface area (Å²) in [4.78, 5) is 34.7. The number of aromatic nitrogens is 1. The van der Waals surface area contributed by atoms with Crippen LogP contribution in [0.15, 0.2) is 24.4 Å². The number of nitrogens with zero attached hydrogens (tertiary/aromatic N) is 3. The van der Waals surface area contributed by atoms with Crippen LogP contribution in [-0.2, 0) is 0 Å². The molecule has 9 heteroatoms. The van der Waals surface area contributed by atoms with Crippen LogP contribution in [0.3, 0.4) is 0 Å². The van der Waals surface area contributed by atoms with Crippen LogP contribution >= 0.6 is 0 Å². The van der Waals surface area contributed by atoms with E-state index in [0.29, 0.717) is 0 Å². The van der Waals surface area contributed by atoms with E-state index < -0.39 is 32.8 Å². The van der Waals surface area contributed by atoms with Crippen LogP contribution in [-0.4, -0.2) is 25.9 Å². The van der Waals surface area contributed by atoms with E-state index in [-0.39, 0.29) is 10.9 Å². The van der Waals surface area contributed by atoms with Crippen molar-refractivity contribution in [2.45, 2.75) is 0 Å². The number of carboxylic acids is 1. The van der Waals surface area contributed by atoms with Crippen LogP contribution in [0.1, 0.15) is 10.4 Å². The third-order valence-corrected chi connectivity index (χ3v) is 2.45. The predicted molar refractivity (Wildman–Crippen MR) is 62.0 cm³/mol. The number of benzene rings is 1. The molecule has 0 spiro atoms. The molecule has 96 valence electrons. The fourth-order valence-electron chi connectivity index (χ4n) is 1.73. The monoisotopic (exact) mass is 263 g/mol. The van der Waals surface area contributed by atoms with Crippen LogP contribution < -0.4 is 0 Å². The molecule has 1 heterocycles. The highest BCUT2D eigenvalue weighted by atomic mass is 16.6. The number of pyridine rings is 1. The van der Waals surface area contributed by atoms with Crippen molar-refractivity contribution in [3.63, 3.8) is 0 Å². The zero-order chi connectivity index (χ0) is 14.2. The number of carboxylic acid groups (broad SMARTS) is 1. The van der Waals surface area contributed by atoms with Gasteiger partial charge in [-0.2, -0.15) is 0 Å². The Morgan fingerprint density at radius 3 is 2.47 bits per heavy atom. The Balaban J connectivity index is 3.04. The summed E-state index contributed by atoms with van der Waals surface area (Å²) in [6.45, 7) is 0. The van der Waals surface area contributed by atoms with Gasteiger partial charge in [0.15, 0.2) is 0 Å². The Labute approximate surface area is 104 Å². The molecule has 9 nitrogen and oxygen atoms in total. The van der Waals surface area contributed by atoms with Gasteiger partial charge in [0, 0.05) is 12.3 Å². The normalized spacial score (nSPS) is 10.3. The molecule has 0 aliphatic heterocycles. The van der Waals surface area contributed by atoms with Crippen LogP contribution in [0.5, 0.6) is 0 Å². The van der Waals surface area contributed by atoms with Gasteiger partial charge in [0.2, 0.25) is 5.56 Å². The number of rotatable bonds is 3. The van der Waals surface area contributed by atoms with Crippen molar-refractivity contribution in [3.8, 4) is 0 Å². The van der Waals surface area contributed by atoms with Crippen molar-refractivity contribution in [2.24, 2.45) is 0 Å². The highest BCUT2D eigenvalue weighted by Crippen LogP contribution is 2.35. The first-order valence-electron chi connectivity index (χ1n) is 4.87. The summed E-state index contributed by atoms with van der Waals surface area (Å²) >= 11 is 0. The lowest BCUT2D eigenvalue weighted by Gasteiger charge is -2.03. The lowest BCUT2D eigenvalue weighted by atomic mass is 10.1. The van der Waals surface area contributed by atoms with Crippen molar-refractivity contribution in [1.29, 1.82) is 0 Å². The third-order valence-electron chi connectivity index (χ3n) is 2.45. The maximum atomic E-state index is 11.1. The van der Waals surface area contributed by atoms with Gasteiger partial charge < -0.3 is 5.11 Å². The van der Waals surface area contributed by atoms with Crippen molar-refractivity contribution in [1.82, 2.24) is 4.98 Å². The van der Waals surface area contributed by atoms with E-state index in [0.717, 1.165) is 6.07 Å². The average molecular weight is 263 g/mol. The Bertz CT molecular complexity index is 727. The van der Waals surface area contributed by atoms with Gasteiger partial charge in [0.25, 0.3) is 11.4 Å². The molecule has 0 saturated heterocycles. The molecule has 2 aromatic rings.